The van der Waals surface area contributed by atoms with Gasteiger partial charge in [-0.15, -0.1) is 0 Å². The first kappa shape index (κ1) is 19.8. The first-order valence-electron chi connectivity index (χ1n) is 9.95. The summed E-state index contributed by atoms with van der Waals surface area (Å²) in [5, 5.41) is 15.0. The predicted molar refractivity (Wildman–Crippen MR) is 117 cm³/mol. The van der Waals surface area contributed by atoms with E-state index in [1.54, 1.807) is 35.4 Å². The summed E-state index contributed by atoms with van der Waals surface area (Å²) in [7, 11) is 0. The third kappa shape index (κ3) is 3.84. The fourth-order valence-electron chi connectivity index (χ4n) is 3.86. The Morgan fingerprint density at radius 1 is 1.23 bits per heavy atom. The van der Waals surface area contributed by atoms with Gasteiger partial charge in [-0.25, -0.2) is 4.98 Å². The van der Waals surface area contributed by atoms with Crippen molar-refractivity contribution in [1.29, 1.82) is 0 Å². The van der Waals surface area contributed by atoms with E-state index in [0.717, 1.165) is 28.4 Å². The average molecular weight is 404 g/mol. The van der Waals surface area contributed by atoms with Gasteiger partial charge in [0.15, 0.2) is 0 Å². The molecule has 2 unspecified atom stereocenters. The zero-order valence-electron chi connectivity index (χ0n) is 16.7. The van der Waals surface area contributed by atoms with Crippen LogP contribution in [0, 0.1) is 12.8 Å². The van der Waals surface area contributed by atoms with Crippen molar-refractivity contribution in [2.24, 2.45) is 5.92 Å². The van der Waals surface area contributed by atoms with Crippen LogP contribution >= 0.6 is 0 Å². The molecule has 1 fully saturated rings. The van der Waals surface area contributed by atoms with E-state index in [1.807, 2.05) is 31.2 Å². The molecule has 4 rings (SSSR count). The van der Waals surface area contributed by atoms with Gasteiger partial charge in [0.2, 0.25) is 5.91 Å². The highest BCUT2D eigenvalue weighted by Gasteiger charge is 2.38. The number of benzene rings is 2. The maximum atomic E-state index is 13.0. The molecule has 1 saturated heterocycles. The summed E-state index contributed by atoms with van der Waals surface area (Å²) in [4.78, 5) is 31.4. The Balaban J connectivity index is 1.49. The van der Waals surface area contributed by atoms with Crippen LogP contribution in [-0.4, -0.2) is 34.6 Å². The quantitative estimate of drug-likeness (QED) is 0.620. The summed E-state index contributed by atoms with van der Waals surface area (Å²) in [6, 6.07) is 14.7. The lowest BCUT2D eigenvalue weighted by Gasteiger charge is -2.34. The lowest BCUT2D eigenvalue weighted by molar-refractivity contribution is -0.136. The number of aromatic nitrogens is 1. The summed E-state index contributed by atoms with van der Waals surface area (Å²) in [6.07, 6.45) is 1.36. The second-order valence-corrected chi connectivity index (χ2v) is 7.64. The minimum absolute atomic E-state index is 0.231. The van der Waals surface area contributed by atoms with Crippen molar-refractivity contribution in [2.75, 3.05) is 22.5 Å². The number of aryl methyl sites for hydroxylation is 1. The maximum absolute atomic E-state index is 13.0. The van der Waals surface area contributed by atoms with Gasteiger partial charge in [-0.05, 0) is 61.5 Å². The van der Waals surface area contributed by atoms with E-state index in [0.29, 0.717) is 24.5 Å². The number of hydrogen-bond acceptors (Lipinski definition) is 5. The number of nitrogens with two attached hydrogens (primary N) is 1. The second-order valence-electron chi connectivity index (χ2n) is 7.64. The number of nitrogens with zero attached hydrogens (tertiary/aromatic N) is 2. The van der Waals surface area contributed by atoms with Crippen molar-refractivity contribution in [2.45, 2.75) is 25.9 Å². The minimum Gasteiger partial charge on any atom is -0.383 e. The second kappa shape index (κ2) is 8.12. The van der Waals surface area contributed by atoms with Gasteiger partial charge < -0.3 is 21.1 Å². The Kier molecular flexibility index (Phi) is 5.37. The molecule has 0 saturated carbocycles. The molecule has 2 aromatic carbocycles. The highest BCUT2D eigenvalue weighted by molar-refractivity contribution is 6.03. The van der Waals surface area contributed by atoms with Crippen LogP contribution in [0.3, 0.4) is 0 Å². The number of aliphatic hydroxyl groups excluding tert-OH is 1. The first-order chi connectivity index (χ1) is 14.4. The van der Waals surface area contributed by atoms with Gasteiger partial charge in [0.05, 0.1) is 5.92 Å². The largest absolute Gasteiger partial charge is 0.383 e. The predicted octanol–water partition coefficient (Wildman–Crippen LogP) is 2.87. The number of fused-ring (bicyclic) bond motifs is 1. The fourth-order valence-corrected chi connectivity index (χ4v) is 3.86. The van der Waals surface area contributed by atoms with Gasteiger partial charge in [0, 0.05) is 29.5 Å². The highest BCUT2D eigenvalue weighted by atomic mass is 16.3. The molecule has 2 atom stereocenters. The Morgan fingerprint density at radius 3 is 2.77 bits per heavy atom. The SMILES string of the molecule is Cc1ccc(N2CCCC(C(O)C(=O)Nc3ccc4c(N)nccc4c3)C2=O)cc1. The molecular formula is C23H24N4O3. The van der Waals surface area contributed by atoms with E-state index in [-0.39, 0.29) is 5.91 Å². The summed E-state index contributed by atoms with van der Waals surface area (Å²) >= 11 is 0. The van der Waals surface area contributed by atoms with Crippen molar-refractivity contribution >= 4 is 39.8 Å². The molecule has 1 aromatic heterocycles. The monoisotopic (exact) mass is 404 g/mol. The summed E-state index contributed by atoms with van der Waals surface area (Å²) < 4.78 is 0. The maximum Gasteiger partial charge on any atom is 0.254 e. The van der Waals surface area contributed by atoms with Crippen LogP contribution in [0.5, 0.6) is 0 Å². The number of amides is 2. The minimum atomic E-state index is -1.43. The number of piperidine rings is 1. The first-order valence-corrected chi connectivity index (χ1v) is 9.95. The van der Waals surface area contributed by atoms with Crippen molar-refractivity contribution in [3.63, 3.8) is 0 Å². The summed E-state index contributed by atoms with van der Waals surface area (Å²) in [5.74, 6) is -1.19. The number of anilines is 3. The number of hydrogen-bond donors (Lipinski definition) is 3. The van der Waals surface area contributed by atoms with Gasteiger partial charge in [-0.3, -0.25) is 9.59 Å². The number of rotatable bonds is 4. The molecule has 2 amide bonds. The van der Waals surface area contributed by atoms with Gasteiger partial charge >= 0.3 is 0 Å². The molecule has 7 nitrogen and oxygen atoms in total. The van der Waals surface area contributed by atoms with Crippen molar-refractivity contribution in [3.8, 4) is 0 Å². The molecule has 30 heavy (non-hydrogen) atoms. The van der Waals surface area contributed by atoms with Crippen LogP contribution in [-0.2, 0) is 9.59 Å². The molecule has 0 aliphatic carbocycles. The van der Waals surface area contributed by atoms with E-state index in [4.69, 9.17) is 5.73 Å². The lowest BCUT2D eigenvalue weighted by Crippen LogP contribution is -2.49. The summed E-state index contributed by atoms with van der Waals surface area (Å²) in [5.41, 5.74) is 8.27. The number of nitrogen functional groups attached to an aromatic ring is 1. The number of carbonyl (C=O) groups is 2. The van der Waals surface area contributed by atoms with E-state index in [1.165, 1.54) is 0 Å². The molecule has 1 aliphatic heterocycles. The molecule has 2 heterocycles. The molecule has 154 valence electrons. The molecule has 3 aromatic rings. The van der Waals surface area contributed by atoms with Crippen LogP contribution in [0.1, 0.15) is 18.4 Å². The highest BCUT2D eigenvalue weighted by Crippen LogP contribution is 2.28. The van der Waals surface area contributed by atoms with Gasteiger partial charge in [0.25, 0.3) is 5.91 Å². The zero-order valence-corrected chi connectivity index (χ0v) is 16.7. The van der Waals surface area contributed by atoms with E-state index in [2.05, 4.69) is 10.3 Å². The Bertz CT molecular complexity index is 1100. The lowest BCUT2D eigenvalue weighted by atomic mass is 9.90. The van der Waals surface area contributed by atoms with Crippen LogP contribution in [0.15, 0.2) is 54.7 Å². The number of aliphatic hydroxyl groups is 1. The van der Waals surface area contributed by atoms with Gasteiger partial charge in [0.1, 0.15) is 11.9 Å². The molecule has 0 spiro atoms. The van der Waals surface area contributed by atoms with Crippen LogP contribution in [0.25, 0.3) is 10.8 Å². The molecule has 4 N–H and O–H groups in total. The number of carbonyl (C=O) groups excluding carboxylic acids is 2. The molecule has 1 aliphatic rings. The molecule has 7 heteroatoms. The van der Waals surface area contributed by atoms with Gasteiger partial charge in [-0.1, -0.05) is 17.7 Å². The van der Waals surface area contributed by atoms with Crippen molar-refractivity contribution < 1.29 is 14.7 Å². The Morgan fingerprint density at radius 2 is 2.00 bits per heavy atom. The zero-order chi connectivity index (χ0) is 21.3. The van der Waals surface area contributed by atoms with E-state index >= 15 is 0 Å². The Labute approximate surface area is 174 Å². The van der Waals surface area contributed by atoms with Gasteiger partial charge in [-0.2, -0.15) is 0 Å². The molecular weight excluding hydrogens is 380 g/mol. The smallest absolute Gasteiger partial charge is 0.254 e. The van der Waals surface area contributed by atoms with Crippen LogP contribution in [0.4, 0.5) is 17.2 Å². The van der Waals surface area contributed by atoms with E-state index < -0.39 is 17.9 Å². The normalized spacial score (nSPS) is 17.7. The fraction of sp³-hybridized carbons (Fsp3) is 0.261. The number of nitrogens with one attached hydrogen (secondary N) is 1. The van der Waals surface area contributed by atoms with Crippen LogP contribution < -0.4 is 16.0 Å². The average Bonchev–Trinajstić information content (AvgIpc) is 2.74. The Hall–Kier alpha value is -3.45. The van der Waals surface area contributed by atoms with E-state index in [9.17, 15) is 14.7 Å². The third-order valence-electron chi connectivity index (χ3n) is 5.54. The van der Waals surface area contributed by atoms with Crippen molar-refractivity contribution in [3.05, 3.63) is 60.3 Å². The standard InChI is InChI=1S/C23H24N4O3/c1-14-4-7-17(8-5-14)27-12-2-3-19(23(27)30)20(28)22(29)26-16-6-9-18-15(13-16)10-11-25-21(18)24/h4-11,13,19-20,28H,2-3,12H2,1H3,(H2,24,25)(H,26,29). The van der Waals surface area contributed by atoms with Crippen LogP contribution in [0.2, 0.25) is 0 Å². The van der Waals surface area contributed by atoms with Crippen molar-refractivity contribution in [1.82, 2.24) is 4.98 Å². The molecule has 0 bridgehead atoms. The summed E-state index contributed by atoms with van der Waals surface area (Å²) in [6.45, 7) is 2.56. The topological polar surface area (TPSA) is 109 Å². The molecule has 0 radical (unpaired) electrons. The third-order valence-corrected chi connectivity index (χ3v) is 5.54. The number of pyridine rings is 1.